The van der Waals surface area contributed by atoms with Gasteiger partial charge in [0.05, 0.1) is 6.61 Å². The third-order valence-electron chi connectivity index (χ3n) is 0.703. The average Bonchev–Trinajstić information content (AvgIpc) is 2.15. The van der Waals surface area contributed by atoms with Crippen LogP contribution < -0.4 is 5.73 Å². The molecule has 0 bridgehead atoms. The summed E-state index contributed by atoms with van der Waals surface area (Å²) in [7, 11) is 0. The number of carbonyl (C=O) groups excluding carboxylic acids is 2. The summed E-state index contributed by atoms with van der Waals surface area (Å²) in [5.74, 6) is -0.982. The zero-order valence-corrected chi connectivity index (χ0v) is 7.23. The summed E-state index contributed by atoms with van der Waals surface area (Å²) in [5.41, 5.74) is 4.53. The first-order valence-corrected chi connectivity index (χ1v) is 3.40. The predicted octanol–water partition coefficient (Wildman–Crippen LogP) is -1.28. The molecule has 3 N–H and O–H groups in total. The van der Waals surface area contributed by atoms with Gasteiger partial charge in [0.1, 0.15) is 6.61 Å². The van der Waals surface area contributed by atoms with Crippen LogP contribution in [0.4, 0.5) is 0 Å². The fraction of sp³-hybridized carbons (Fsp3) is 0.250. The van der Waals surface area contributed by atoms with Crippen molar-refractivity contribution in [1.29, 1.82) is 0 Å². The van der Waals surface area contributed by atoms with E-state index in [2.05, 4.69) is 23.6 Å². The standard InChI is InChI=1S/C5H8O3.C3H5NO.Na.H/c1-2-5(7)8-4-3-6;1-2-3(4)5;;/h2,6H,1,3-4H2;2H,1H2,(H2,4,5);;. The minimum absolute atomic E-state index is 0. The molecule has 0 atom stereocenters. The van der Waals surface area contributed by atoms with Gasteiger partial charge in [0.25, 0.3) is 0 Å². The third kappa shape index (κ3) is 22.5. The molecule has 0 heterocycles. The van der Waals surface area contributed by atoms with Crippen molar-refractivity contribution in [2.24, 2.45) is 5.73 Å². The topological polar surface area (TPSA) is 89.6 Å². The molecule has 5 nitrogen and oxygen atoms in total. The fourth-order valence-electron chi connectivity index (χ4n) is 0.205. The van der Waals surface area contributed by atoms with Crippen LogP contribution >= 0.6 is 0 Å². The van der Waals surface area contributed by atoms with Crippen molar-refractivity contribution in [3.63, 3.8) is 0 Å². The molecule has 14 heavy (non-hydrogen) atoms. The van der Waals surface area contributed by atoms with E-state index in [-0.39, 0.29) is 42.8 Å². The van der Waals surface area contributed by atoms with Crippen LogP contribution in [0.5, 0.6) is 0 Å². The molecule has 0 aliphatic carbocycles. The monoisotopic (exact) mass is 211 g/mol. The molecule has 0 fully saturated rings. The number of amides is 1. The van der Waals surface area contributed by atoms with Crippen molar-refractivity contribution in [2.45, 2.75) is 0 Å². The SMILES string of the molecule is C=CC(=O)OCCO.C=CC(N)=O.[NaH]. The van der Waals surface area contributed by atoms with E-state index in [4.69, 9.17) is 5.11 Å². The molecule has 0 rings (SSSR count). The minimum atomic E-state index is -0.501. The predicted molar refractivity (Wildman–Crippen MR) is 54.8 cm³/mol. The Kier molecular flexibility index (Phi) is 20.2. The van der Waals surface area contributed by atoms with Gasteiger partial charge in [0, 0.05) is 6.08 Å². The van der Waals surface area contributed by atoms with Gasteiger partial charge in [-0.1, -0.05) is 13.2 Å². The summed E-state index contributed by atoms with van der Waals surface area (Å²) >= 11 is 0. The van der Waals surface area contributed by atoms with E-state index in [1.807, 2.05) is 0 Å². The zero-order valence-electron chi connectivity index (χ0n) is 7.23. The quantitative estimate of drug-likeness (QED) is 0.344. The molecular weight excluding hydrogens is 197 g/mol. The molecule has 0 aromatic heterocycles. The second-order valence-corrected chi connectivity index (χ2v) is 1.70. The Balaban J connectivity index is -0.000000177. The van der Waals surface area contributed by atoms with Gasteiger partial charge in [-0.3, -0.25) is 4.79 Å². The van der Waals surface area contributed by atoms with Gasteiger partial charge in [-0.05, 0) is 6.08 Å². The van der Waals surface area contributed by atoms with Crippen molar-refractivity contribution >= 4 is 41.4 Å². The molecule has 0 saturated carbocycles. The van der Waals surface area contributed by atoms with E-state index in [1.54, 1.807) is 0 Å². The molecule has 76 valence electrons. The fourth-order valence-corrected chi connectivity index (χ4v) is 0.205. The van der Waals surface area contributed by atoms with Crippen LogP contribution in [0.3, 0.4) is 0 Å². The molecule has 0 spiro atoms. The Bertz CT molecular complexity index is 194. The first kappa shape index (κ1) is 19.0. The molecular formula is C8H14NNaO4. The number of rotatable bonds is 4. The van der Waals surface area contributed by atoms with Crippen LogP contribution in [0.1, 0.15) is 0 Å². The normalized spacial score (nSPS) is 6.93. The van der Waals surface area contributed by atoms with Crippen LogP contribution in [0.2, 0.25) is 0 Å². The van der Waals surface area contributed by atoms with Crippen LogP contribution in [0, 0.1) is 0 Å². The number of aliphatic hydroxyl groups is 1. The van der Waals surface area contributed by atoms with Gasteiger partial charge in [-0.25, -0.2) is 4.79 Å². The number of ether oxygens (including phenoxy) is 1. The molecule has 0 saturated heterocycles. The van der Waals surface area contributed by atoms with Crippen LogP contribution in [-0.2, 0) is 14.3 Å². The van der Waals surface area contributed by atoms with Gasteiger partial charge in [0.15, 0.2) is 0 Å². The van der Waals surface area contributed by atoms with Crippen LogP contribution in [-0.4, -0.2) is 59.8 Å². The number of esters is 1. The maximum absolute atomic E-state index is 10.1. The van der Waals surface area contributed by atoms with Gasteiger partial charge >= 0.3 is 35.5 Å². The van der Waals surface area contributed by atoms with E-state index >= 15 is 0 Å². The Labute approximate surface area is 105 Å². The molecule has 0 aliphatic heterocycles. The number of nitrogens with two attached hydrogens (primary N) is 1. The summed E-state index contributed by atoms with van der Waals surface area (Å²) in [6.45, 7) is 6.15. The number of hydrogen-bond donors (Lipinski definition) is 2. The summed E-state index contributed by atoms with van der Waals surface area (Å²) in [6, 6.07) is 0. The van der Waals surface area contributed by atoms with Crippen molar-refractivity contribution in [2.75, 3.05) is 13.2 Å². The van der Waals surface area contributed by atoms with Gasteiger partial charge < -0.3 is 15.6 Å². The Hall–Kier alpha value is -0.620. The van der Waals surface area contributed by atoms with Crippen LogP contribution in [0.25, 0.3) is 0 Å². The Morgan fingerprint density at radius 3 is 2.00 bits per heavy atom. The Morgan fingerprint density at radius 1 is 1.36 bits per heavy atom. The third-order valence-corrected chi connectivity index (χ3v) is 0.703. The summed E-state index contributed by atoms with van der Waals surface area (Å²) < 4.78 is 4.33. The molecule has 6 heteroatoms. The van der Waals surface area contributed by atoms with Gasteiger partial charge in [0.2, 0.25) is 5.91 Å². The summed E-state index contributed by atoms with van der Waals surface area (Å²) in [4.78, 5) is 19.6. The van der Waals surface area contributed by atoms with Crippen LogP contribution in [0.15, 0.2) is 25.3 Å². The molecule has 0 unspecified atom stereocenters. The second-order valence-electron chi connectivity index (χ2n) is 1.70. The van der Waals surface area contributed by atoms with E-state index in [0.29, 0.717) is 0 Å². The van der Waals surface area contributed by atoms with Crippen molar-refractivity contribution in [3.8, 4) is 0 Å². The Morgan fingerprint density at radius 2 is 1.79 bits per heavy atom. The molecule has 0 radical (unpaired) electrons. The second kappa shape index (κ2) is 14.9. The average molecular weight is 211 g/mol. The number of aliphatic hydroxyl groups excluding tert-OH is 1. The molecule has 0 aromatic carbocycles. The first-order valence-electron chi connectivity index (χ1n) is 3.40. The van der Waals surface area contributed by atoms with E-state index < -0.39 is 11.9 Å². The molecule has 1 amide bonds. The number of carbonyl (C=O) groups is 2. The van der Waals surface area contributed by atoms with Crippen molar-refractivity contribution in [1.82, 2.24) is 0 Å². The van der Waals surface area contributed by atoms with Crippen molar-refractivity contribution < 1.29 is 19.4 Å². The van der Waals surface area contributed by atoms with E-state index in [9.17, 15) is 9.59 Å². The van der Waals surface area contributed by atoms with E-state index in [1.165, 1.54) is 0 Å². The van der Waals surface area contributed by atoms with Crippen molar-refractivity contribution in [3.05, 3.63) is 25.3 Å². The number of hydrogen-bond acceptors (Lipinski definition) is 4. The van der Waals surface area contributed by atoms with E-state index in [0.717, 1.165) is 12.2 Å². The molecule has 0 aromatic rings. The zero-order chi connectivity index (χ0) is 10.7. The van der Waals surface area contributed by atoms with Gasteiger partial charge in [-0.2, -0.15) is 0 Å². The number of primary amides is 1. The molecule has 0 aliphatic rings. The first-order chi connectivity index (χ1) is 6.08. The maximum atomic E-state index is 10.1. The summed E-state index contributed by atoms with van der Waals surface area (Å²) in [6.07, 6.45) is 2.11. The summed E-state index contributed by atoms with van der Waals surface area (Å²) in [5, 5.41) is 8.10. The van der Waals surface area contributed by atoms with Gasteiger partial charge in [-0.15, -0.1) is 0 Å².